The standard InChI is InChI=1S/C12H15NO4S/c1-16-10-6-4-3-5-8(10)11(14)13-9(7-18)12(15)17-2/h3-6,9,18H,7H2,1-2H3,(H,13,14)/t9-/m0/s1. The van der Waals surface area contributed by atoms with E-state index in [-0.39, 0.29) is 5.75 Å². The molecule has 0 bridgehead atoms. The number of carbonyl (C=O) groups is 2. The molecule has 1 amide bonds. The van der Waals surface area contributed by atoms with Crippen molar-refractivity contribution in [3.8, 4) is 5.75 Å². The van der Waals surface area contributed by atoms with Gasteiger partial charge in [-0.05, 0) is 12.1 Å². The summed E-state index contributed by atoms with van der Waals surface area (Å²) in [6.45, 7) is 0. The molecule has 0 aliphatic heterocycles. The molecule has 98 valence electrons. The smallest absolute Gasteiger partial charge is 0.329 e. The molecule has 0 fully saturated rings. The fourth-order valence-electron chi connectivity index (χ4n) is 1.39. The lowest BCUT2D eigenvalue weighted by Gasteiger charge is -2.15. The van der Waals surface area contributed by atoms with Gasteiger partial charge in [-0.15, -0.1) is 0 Å². The van der Waals surface area contributed by atoms with Gasteiger partial charge in [0.05, 0.1) is 19.8 Å². The number of nitrogens with one attached hydrogen (secondary N) is 1. The quantitative estimate of drug-likeness (QED) is 0.615. The average Bonchev–Trinajstić information content (AvgIpc) is 2.43. The summed E-state index contributed by atoms with van der Waals surface area (Å²) >= 11 is 4.00. The number of hydrogen-bond acceptors (Lipinski definition) is 5. The molecule has 6 heteroatoms. The van der Waals surface area contributed by atoms with Crippen LogP contribution >= 0.6 is 12.6 Å². The molecule has 0 spiro atoms. The summed E-state index contributed by atoms with van der Waals surface area (Å²) in [7, 11) is 2.73. The van der Waals surface area contributed by atoms with Crippen LogP contribution in [0.4, 0.5) is 0 Å². The first kappa shape index (κ1) is 14.4. The number of ether oxygens (including phenoxy) is 2. The summed E-state index contributed by atoms with van der Waals surface area (Å²) < 4.78 is 9.64. The van der Waals surface area contributed by atoms with Crippen LogP contribution in [-0.4, -0.2) is 37.9 Å². The number of hydrogen-bond donors (Lipinski definition) is 2. The number of methoxy groups -OCH3 is 2. The Morgan fingerprint density at radius 2 is 2.00 bits per heavy atom. The second-order valence-electron chi connectivity index (χ2n) is 3.43. The van der Waals surface area contributed by atoms with Crippen LogP contribution in [0.2, 0.25) is 0 Å². The normalized spacial score (nSPS) is 11.5. The number of para-hydroxylation sites is 1. The summed E-state index contributed by atoms with van der Waals surface area (Å²) in [5, 5.41) is 2.54. The molecule has 0 saturated heterocycles. The van der Waals surface area contributed by atoms with Crippen LogP contribution < -0.4 is 10.1 Å². The molecule has 0 heterocycles. The van der Waals surface area contributed by atoms with Gasteiger partial charge in [0.1, 0.15) is 11.8 Å². The van der Waals surface area contributed by atoms with Crippen LogP contribution in [0.25, 0.3) is 0 Å². The van der Waals surface area contributed by atoms with Crippen molar-refractivity contribution in [2.75, 3.05) is 20.0 Å². The molecule has 0 aliphatic carbocycles. The third kappa shape index (κ3) is 3.40. The number of carbonyl (C=O) groups excluding carboxylic acids is 2. The minimum atomic E-state index is -0.782. The largest absolute Gasteiger partial charge is 0.496 e. The third-order valence-corrected chi connectivity index (χ3v) is 2.69. The van der Waals surface area contributed by atoms with Crippen molar-refractivity contribution in [1.29, 1.82) is 0 Å². The van der Waals surface area contributed by atoms with Crippen LogP contribution in [0, 0.1) is 0 Å². The zero-order valence-corrected chi connectivity index (χ0v) is 11.1. The monoisotopic (exact) mass is 269 g/mol. The second kappa shape index (κ2) is 6.90. The Kier molecular flexibility index (Phi) is 5.51. The number of amides is 1. The van der Waals surface area contributed by atoms with Gasteiger partial charge in [0.2, 0.25) is 0 Å². The summed E-state index contributed by atoms with van der Waals surface area (Å²) in [5.74, 6) is -0.337. The second-order valence-corrected chi connectivity index (χ2v) is 3.80. The lowest BCUT2D eigenvalue weighted by Crippen LogP contribution is -2.42. The van der Waals surface area contributed by atoms with E-state index in [0.29, 0.717) is 11.3 Å². The maximum Gasteiger partial charge on any atom is 0.329 e. The molecule has 0 aliphatic rings. The molecule has 18 heavy (non-hydrogen) atoms. The lowest BCUT2D eigenvalue weighted by molar-refractivity contribution is -0.142. The van der Waals surface area contributed by atoms with Gasteiger partial charge in [0.15, 0.2) is 0 Å². The Morgan fingerprint density at radius 1 is 1.33 bits per heavy atom. The van der Waals surface area contributed by atoms with Crippen molar-refractivity contribution in [3.05, 3.63) is 29.8 Å². The van der Waals surface area contributed by atoms with E-state index in [0.717, 1.165) is 0 Å². The van der Waals surface area contributed by atoms with Crippen molar-refractivity contribution in [2.45, 2.75) is 6.04 Å². The number of benzene rings is 1. The maximum absolute atomic E-state index is 12.0. The van der Waals surface area contributed by atoms with Crippen LogP contribution in [0.15, 0.2) is 24.3 Å². The molecule has 1 N–H and O–H groups in total. The summed E-state index contributed by atoms with van der Waals surface area (Å²) in [5.41, 5.74) is 0.357. The fourth-order valence-corrected chi connectivity index (χ4v) is 1.63. The van der Waals surface area contributed by atoms with Gasteiger partial charge in [-0.1, -0.05) is 12.1 Å². The predicted molar refractivity (Wildman–Crippen MR) is 70.1 cm³/mol. The minimum Gasteiger partial charge on any atom is -0.496 e. The van der Waals surface area contributed by atoms with Gasteiger partial charge in [-0.25, -0.2) is 4.79 Å². The molecule has 0 aromatic heterocycles. The predicted octanol–water partition coefficient (Wildman–Crippen LogP) is 0.896. The van der Waals surface area contributed by atoms with Crippen molar-refractivity contribution >= 4 is 24.5 Å². The number of thiol groups is 1. The lowest BCUT2D eigenvalue weighted by atomic mass is 10.1. The van der Waals surface area contributed by atoms with E-state index in [9.17, 15) is 9.59 Å². The van der Waals surface area contributed by atoms with Crippen molar-refractivity contribution in [2.24, 2.45) is 0 Å². The zero-order chi connectivity index (χ0) is 13.5. The molecular formula is C12H15NO4S. The van der Waals surface area contributed by atoms with Gasteiger partial charge in [0, 0.05) is 5.75 Å². The van der Waals surface area contributed by atoms with E-state index in [1.165, 1.54) is 14.2 Å². The van der Waals surface area contributed by atoms with Gasteiger partial charge >= 0.3 is 5.97 Å². The topological polar surface area (TPSA) is 64.6 Å². The Hall–Kier alpha value is -1.69. The van der Waals surface area contributed by atoms with Gasteiger partial charge in [-0.2, -0.15) is 12.6 Å². The van der Waals surface area contributed by atoms with Gasteiger partial charge < -0.3 is 14.8 Å². The van der Waals surface area contributed by atoms with Gasteiger partial charge in [-0.3, -0.25) is 4.79 Å². The van der Waals surface area contributed by atoms with Gasteiger partial charge in [0.25, 0.3) is 5.91 Å². The highest BCUT2D eigenvalue weighted by atomic mass is 32.1. The minimum absolute atomic E-state index is 0.160. The molecular weight excluding hydrogens is 254 g/mol. The highest BCUT2D eigenvalue weighted by Gasteiger charge is 2.21. The molecule has 1 aromatic carbocycles. The van der Waals surface area contributed by atoms with Crippen molar-refractivity contribution < 1.29 is 19.1 Å². The molecule has 1 rings (SSSR count). The summed E-state index contributed by atoms with van der Waals surface area (Å²) in [6, 6.07) is 5.97. The number of rotatable bonds is 5. The van der Waals surface area contributed by atoms with Crippen LogP contribution in [0.1, 0.15) is 10.4 Å². The van der Waals surface area contributed by atoms with Crippen LogP contribution in [-0.2, 0) is 9.53 Å². The van der Waals surface area contributed by atoms with Crippen LogP contribution in [0.3, 0.4) is 0 Å². The van der Waals surface area contributed by atoms with Crippen LogP contribution in [0.5, 0.6) is 5.75 Å². The van der Waals surface area contributed by atoms with E-state index in [2.05, 4.69) is 22.7 Å². The zero-order valence-electron chi connectivity index (χ0n) is 10.2. The summed E-state index contributed by atoms with van der Waals surface area (Å²) in [4.78, 5) is 23.3. The van der Waals surface area contributed by atoms with Crippen molar-refractivity contribution in [3.63, 3.8) is 0 Å². The maximum atomic E-state index is 12.0. The molecule has 1 aromatic rings. The Morgan fingerprint density at radius 3 is 2.56 bits per heavy atom. The first-order valence-corrected chi connectivity index (χ1v) is 5.89. The van der Waals surface area contributed by atoms with E-state index in [1.54, 1.807) is 24.3 Å². The third-order valence-electron chi connectivity index (χ3n) is 2.33. The van der Waals surface area contributed by atoms with E-state index in [4.69, 9.17) is 4.74 Å². The highest BCUT2D eigenvalue weighted by Crippen LogP contribution is 2.17. The Labute approximate surface area is 111 Å². The molecule has 0 radical (unpaired) electrons. The van der Waals surface area contributed by atoms with E-state index >= 15 is 0 Å². The number of esters is 1. The molecule has 1 atom stereocenters. The van der Waals surface area contributed by atoms with Crippen molar-refractivity contribution in [1.82, 2.24) is 5.32 Å². The highest BCUT2D eigenvalue weighted by molar-refractivity contribution is 7.80. The molecule has 0 unspecified atom stereocenters. The SMILES string of the molecule is COC(=O)[C@H](CS)NC(=O)c1ccccc1OC. The summed E-state index contributed by atoms with van der Waals surface area (Å²) in [6.07, 6.45) is 0. The van der Waals surface area contributed by atoms with E-state index < -0.39 is 17.9 Å². The Bertz CT molecular complexity index is 436. The molecule has 0 saturated carbocycles. The Balaban J connectivity index is 2.84. The first-order valence-electron chi connectivity index (χ1n) is 5.26. The first-order chi connectivity index (χ1) is 8.63. The van der Waals surface area contributed by atoms with E-state index in [1.807, 2.05) is 0 Å². The average molecular weight is 269 g/mol. The molecule has 5 nitrogen and oxygen atoms in total. The fraction of sp³-hybridized carbons (Fsp3) is 0.333.